The number of nitrogens with one attached hydrogen (secondary N) is 1. The van der Waals surface area contributed by atoms with Gasteiger partial charge in [-0.05, 0) is 6.92 Å². The van der Waals surface area contributed by atoms with E-state index in [2.05, 4.69) is 5.32 Å². The Morgan fingerprint density at radius 1 is 1.43 bits per heavy atom. The topological polar surface area (TPSA) is 64.6 Å². The molecule has 0 aromatic rings. The van der Waals surface area contributed by atoms with E-state index in [4.69, 9.17) is 9.47 Å². The fourth-order valence-electron chi connectivity index (χ4n) is 1.07. The van der Waals surface area contributed by atoms with Crippen LogP contribution in [0.15, 0.2) is 0 Å². The Bertz CT molecular complexity index is 213. The van der Waals surface area contributed by atoms with E-state index in [0.29, 0.717) is 19.8 Å². The van der Waals surface area contributed by atoms with Crippen LogP contribution in [0.4, 0.5) is 0 Å². The van der Waals surface area contributed by atoms with Crippen molar-refractivity contribution in [2.45, 2.75) is 25.8 Å². The lowest BCUT2D eigenvalue weighted by atomic mass is 10.2. The smallest absolute Gasteiger partial charge is 0.306 e. The maximum absolute atomic E-state index is 11.2. The number of ether oxygens (including phenoxy) is 2. The van der Waals surface area contributed by atoms with E-state index in [9.17, 15) is 9.59 Å². The predicted molar refractivity (Wildman–Crippen MR) is 48.6 cm³/mol. The fourth-order valence-corrected chi connectivity index (χ4v) is 1.07. The van der Waals surface area contributed by atoms with Crippen molar-refractivity contribution in [2.24, 2.45) is 0 Å². The quantitative estimate of drug-likeness (QED) is 0.628. The van der Waals surface area contributed by atoms with Crippen molar-refractivity contribution >= 4 is 11.9 Å². The fraction of sp³-hybridized carbons (Fsp3) is 0.778. The predicted octanol–water partition coefficient (Wildman–Crippen LogP) is -0.155. The average Bonchev–Trinajstić information content (AvgIpc) is 2.09. The lowest BCUT2D eigenvalue weighted by molar-refractivity contribution is -0.144. The second-order valence-electron chi connectivity index (χ2n) is 3.11. The summed E-state index contributed by atoms with van der Waals surface area (Å²) in [5.41, 5.74) is 0. The van der Waals surface area contributed by atoms with Crippen LogP contribution in [0.1, 0.15) is 19.8 Å². The summed E-state index contributed by atoms with van der Waals surface area (Å²) in [5.74, 6) is -0.445. The maximum atomic E-state index is 11.2. The molecule has 0 aromatic heterocycles. The van der Waals surface area contributed by atoms with Crippen molar-refractivity contribution in [3.05, 3.63) is 0 Å². The zero-order valence-electron chi connectivity index (χ0n) is 8.25. The standard InChI is InChI=1S/C9H15NO4/c1-2-14-9(12)4-3-8(11)10-7-5-13-6-7/h7H,2-6H2,1H3,(H,10,11). The molecule has 1 heterocycles. The molecule has 1 fully saturated rings. The van der Waals surface area contributed by atoms with Crippen molar-refractivity contribution in [3.8, 4) is 0 Å². The van der Waals surface area contributed by atoms with Gasteiger partial charge in [-0.2, -0.15) is 0 Å². The van der Waals surface area contributed by atoms with Crippen LogP contribution in [0.5, 0.6) is 0 Å². The van der Waals surface area contributed by atoms with Gasteiger partial charge in [0.2, 0.25) is 5.91 Å². The summed E-state index contributed by atoms with van der Waals surface area (Å²) < 4.78 is 9.59. The van der Waals surface area contributed by atoms with E-state index in [1.165, 1.54) is 0 Å². The minimum Gasteiger partial charge on any atom is -0.466 e. The number of amides is 1. The van der Waals surface area contributed by atoms with Gasteiger partial charge in [-0.15, -0.1) is 0 Å². The molecule has 1 rings (SSSR count). The van der Waals surface area contributed by atoms with Crippen LogP contribution in [-0.2, 0) is 19.1 Å². The minimum atomic E-state index is -0.326. The molecule has 0 bridgehead atoms. The van der Waals surface area contributed by atoms with Gasteiger partial charge in [0.15, 0.2) is 0 Å². The van der Waals surface area contributed by atoms with Gasteiger partial charge in [-0.25, -0.2) is 0 Å². The summed E-state index contributed by atoms with van der Waals surface area (Å²) in [6, 6.07) is 0.129. The summed E-state index contributed by atoms with van der Waals surface area (Å²) in [6.07, 6.45) is 0.336. The summed E-state index contributed by atoms with van der Waals surface area (Å²) in [5, 5.41) is 2.74. The lowest BCUT2D eigenvalue weighted by Gasteiger charge is -2.26. The second-order valence-corrected chi connectivity index (χ2v) is 3.11. The highest BCUT2D eigenvalue weighted by atomic mass is 16.5. The van der Waals surface area contributed by atoms with Gasteiger partial charge in [0.05, 0.1) is 32.3 Å². The van der Waals surface area contributed by atoms with Gasteiger partial charge in [0.1, 0.15) is 0 Å². The van der Waals surface area contributed by atoms with Crippen molar-refractivity contribution < 1.29 is 19.1 Å². The normalized spacial score (nSPS) is 15.8. The molecule has 0 atom stereocenters. The monoisotopic (exact) mass is 201 g/mol. The molecule has 0 spiro atoms. The van der Waals surface area contributed by atoms with Gasteiger partial charge >= 0.3 is 5.97 Å². The highest BCUT2D eigenvalue weighted by Crippen LogP contribution is 2.01. The Kier molecular flexibility index (Phi) is 4.39. The van der Waals surface area contributed by atoms with Crippen LogP contribution in [0.25, 0.3) is 0 Å². The van der Waals surface area contributed by atoms with Crippen molar-refractivity contribution in [2.75, 3.05) is 19.8 Å². The molecule has 80 valence electrons. The van der Waals surface area contributed by atoms with Gasteiger partial charge in [0.25, 0.3) is 0 Å². The minimum absolute atomic E-state index is 0.119. The van der Waals surface area contributed by atoms with E-state index < -0.39 is 0 Å². The van der Waals surface area contributed by atoms with Crippen LogP contribution < -0.4 is 5.32 Å². The number of carbonyl (C=O) groups is 2. The van der Waals surface area contributed by atoms with Crippen LogP contribution in [0.3, 0.4) is 0 Å². The van der Waals surface area contributed by atoms with Gasteiger partial charge in [-0.3, -0.25) is 9.59 Å². The lowest BCUT2D eigenvalue weighted by Crippen LogP contribution is -2.48. The largest absolute Gasteiger partial charge is 0.466 e. The zero-order chi connectivity index (χ0) is 10.4. The van der Waals surface area contributed by atoms with Gasteiger partial charge < -0.3 is 14.8 Å². The first-order valence-corrected chi connectivity index (χ1v) is 4.75. The molecule has 1 saturated heterocycles. The second kappa shape index (κ2) is 5.59. The van der Waals surface area contributed by atoms with Crippen molar-refractivity contribution in [1.29, 1.82) is 0 Å². The Morgan fingerprint density at radius 3 is 2.64 bits per heavy atom. The molecule has 1 N–H and O–H groups in total. The van der Waals surface area contributed by atoms with E-state index >= 15 is 0 Å². The van der Waals surface area contributed by atoms with E-state index in [0.717, 1.165) is 0 Å². The maximum Gasteiger partial charge on any atom is 0.306 e. The molecule has 5 heteroatoms. The summed E-state index contributed by atoms with van der Waals surface area (Å²) in [7, 11) is 0. The third-order valence-corrected chi connectivity index (χ3v) is 1.86. The third kappa shape index (κ3) is 3.74. The molecule has 0 aromatic carbocycles. The molecule has 1 aliphatic rings. The van der Waals surface area contributed by atoms with E-state index in [1.807, 2.05) is 0 Å². The van der Waals surface area contributed by atoms with Crippen LogP contribution in [0.2, 0.25) is 0 Å². The van der Waals surface area contributed by atoms with Crippen LogP contribution in [-0.4, -0.2) is 37.7 Å². The Balaban J connectivity index is 2.04. The molecular formula is C9H15NO4. The first-order chi connectivity index (χ1) is 6.72. The third-order valence-electron chi connectivity index (χ3n) is 1.86. The molecule has 1 aliphatic heterocycles. The highest BCUT2D eigenvalue weighted by molar-refractivity contribution is 5.81. The molecule has 0 unspecified atom stereocenters. The molecule has 14 heavy (non-hydrogen) atoms. The summed E-state index contributed by atoms with van der Waals surface area (Å²) in [6.45, 7) is 3.25. The first kappa shape index (κ1) is 11.0. The van der Waals surface area contributed by atoms with Crippen LogP contribution in [0, 0.1) is 0 Å². The van der Waals surface area contributed by atoms with Crippen molar-refractivity contribution in [1.82, 2.24) is 5.32 Å². The Labute approximate surface area is 82.8 Å². The molecule has 5 nitrogen and oxygen atoms in total. The molecule has 1 amide bonds. The number of hydrogen-bond donors (Lipinski definition) is 1. The van der Waals surface area contributed by atoms with E-state index in [1.54, 1.807) is 6.92 Å². The molecule has 0 aliphatic carbocycles. The molecule has 0 saturated carbocycles. The summed E-state index contributed by atoms with van der Waals surface area (Å²) >= 11 is 0. The highest BCUT2D eigenvalue weighted by Gasteiger charge is 2.20. The molecular weight excluding hydrogens is 186 g/mol. The number of hydrogen-bond acceptors (Lipinski definition) is 4. The van der Waals surface area contributed by atoms with Gasteiger partial charge in [-0.1, -0.05) is 0 Å². The molecule has 0 radical (unpaired) electrons. The number of esters is 1. The van der Waals surface area contributed by atoms with Crippen molar-refractivity contribution in [3.63, 3.8) is 0 Å². The SMILES string of the molecule is CCOC(=O)CCC(=O)NC1COC1. The van der Waals surface area contributed by atoms with Crippen LogP contribution >= 0.6 is 0 Å². The number of rotatable bonds is 5. The Morgan fingerprint density at radius 2 is 2.14 bits per heavy atom. The Hall–Kier alpha value is -1.10. The zero-order valence-corrected chi connectivity index (χ0v) is 8.25. The summed E-state index contributed by atoms with van der Waals surface area (Å²) in [4.78, 5) is 22.1. The average molecular weight is 201 g/mol. The number of carbonyl (C=O) groups excluding carboxylic acids is 2. The first-order valence-electron chi connectivity index (χ1n) is 4.75. The van der Waals surface area contributed by atoms with Gasteiger partial charge in [0, 0.05) is 6.42 Å². The van der Waals surface area contributed by atoms with E-state index in [-0.39, 0.29) is 30.8 Å².